The first-order valence-electron chi connectivity index (χ1n) is 9.22. The van der Waals surface area contributed by atoms with E-state index in [9.17, 15) is 4.79 Å². The maximum Gasteiger partial charge on any atom is 0.266 e. The van der Waals surface area contributed by atoms with Gasteiger partial charge in [-0.3, -0.25) is 9.69 Å². The molecule has 0 radical (unpaired) electrons. The van der Waals surface area contributed by atoms with Crippen LogP contribution in [0.2, 0.25) is 0 Å². The lowest BCUT2D eigenvalue weighted by molar-refractivity contribution is -0.121. The van der Waals surface area contributed by atoms with E-state index in [4.69, 9.17) is 14.5 Å². The summed E-state index contributed by atoms with van der Waals surface area (Å²) in [7, 11) is 3.36. The second kappa shape index (κ2) is 8.97. The summed E-state index contributed by atoms with van der Waals surface area (Å²) in [6.45, 7) is 4.56. The number of likely N-dealkylation sites (N-methyl/N-ethyl adjacent to an activating group) is 1. The first-order chi connectivity index (χ1) is 13.6. The van der Waals surface area contributed by atoms with Crippen LogP contribution in [0, 0.1) is 0 Å². The number of amides is 1. The molecule has 1 aliphatic heterocycles. The number of methoxy groups -OCH3 is 1. The summed E-state index contributed by atoms with van der Waals surface area (Å²) in [6, 6.07) is 13.6. The van der Waals surface area contributed by atoms with Crippen LogP contribution in [0.25, 0.3) is 6.08 Å². The van der Waals surface area contributed by atoms with Gasteiger partial charge in [-0.1, -0.05) is 31.2 Å². The highest BCUT2D eigenvalue weighted by atomic mass is 32.2. The number of ether oxygens (including phenoxy) is 2. The van der Waals surface area contributed by atoms with Crippen molar-refractivity contribution in [3.63, 3.8) is 0 Å². The molecule has 0 spiro atoms. The number of aryl methyl sites for hydroxylation is 1. The molecule has 5 nitrogen and oxygen atoms in total. The second-order valence-electron chi connectivity index (χ2n) is 6.19. The SMILES string of the molecule is CCOc1cc(/C=C2/SC(=Nc3ccccc3CC)N(C)C2=O)ccc1OC. The molecule has 0 unspecified atom stereocenters. The molecule has 1 saturated heterocycles. The van der Waals surface area contributed by atoms with Crippen molar-refractivity contribution >= 4 is 34.6 Å². The summed E-state index contributed by atoms with van der Waals surface area (Å²) in [5.41, 5.74) is 2.94. The second-order valence-corrected chi connectivity index (χ2v) is 7.20. The Morgan fingerprint density at radius 2 is 1.93 bits per heavy atom. The van der Waals surface area contributed by atoms with Crippen LogP contribution in [0.5, 0.6) is 11.5 Å². The van der Waals surface area contributed by atoms with Crippen LogP contribution in [0.3, 0.4) is 0 Å². The predicted molar refractivity (Wildman–Crippen MR) is 115 cm³/mol. The van der Waals surface area contributed by atoms with Crippen LogP contribution >= 0.6 is 11.8 Å². The van der Waals surface area contributed by atoms with Gasteiger partial charge in [0.1, 0.15) is 0 Å². The molecule has 0 atom stereocenters. The summed E-state index contributed by atoms with van der Waals surface area (Å²) >= 11 is 1.38. The maximum atomic E-state index is 12.7. The average Bonchev–Trinajstić information content (AvgIpc) is 2.97. The van der Waals surface area contributed by atoms with Gasteiger partial charge in [-0.25, -0.2) is 4.99 Å². The molecule has 0 N–H and O–H groups in total. The molecule has 2 aromatic carbocycles. The van der Waals surface area contributed by atoms with Crippen molar-refractivity contribution in [3.8, 4) is 11.5 Å². The summed E-state index contributed by atoms with van der Waals surface area (Å²) in [5.74, 6) is 1.27. The minimum absolute atomic E-state index is 0.0634. The molecule has 1 fully saturated rings. The van der Waals surface area contributed by atoms with Crippen molar-refractivity contribution in [3.05, 3.63) is 58.5 Å². The molecule has 0 aromatic heterocycles. The molecule has 0 saturated carbocycles. The van der Waals surface area contributed by atoms with Crippen molar-refractivity contribution < 1.29 is 14.3 Å². The Hall–Kier alpha value is -2.73. The van der Waals surface area contributed by atoms with Crippen LogP contribution in [0.15, 0.2) is 52.4 Å². The summed E-state index contributed by atoms with van der Waals surface area (Å²) in [6.07, 6.45) is 2.75. The third-order valence-electron chi connectivity index (χ3n) is 4.38. The van der Waals surface area contributed by atoms with Gasteiger partial charge in [0.25, 0.3) is 5.91 Å². The number of rotatable bonds is 6. The lowest BCUT2D eigenvalue weighted by Crippen LogP contribution is -2.23. The molecule has 6 heteroatoms. The van der Waals surface area contributed by atoms with Crippen LogP contribution in [-0.2, 0) is 11.2 Å². The first kappa shape index (κ1) is 20.0. The third kappa shape index (κ3) is 4.22. The van der Waals surface area contributed by atoms with Gasteiger partial charge in [-0.05, 0) is 60.5 Å². The van der Waals surface area contributed by atoms with Crippen molar-refractivity contribution in [1.29, 1.82) is 0 Å². The van der Waals surface area contributed by atoms with E-state index in [1.54, 1.807) is 19.1 Å². The van der Waals surface area contributed by atoms with E-state index in [0.717, 1.165) is 23.2 Å². The monoisotopic (exact) mass is 396 g/mol. The van der Waals surface area contributed by atoms with E-state index in [1.807, 2.05) is 49.4 Å². The standard InChI is InChI=1S/C22H24N2O3S/c1-5-16-9-7-8-10-17(16)23-22-24(3)21(25)20(28-22)14-15-11-12-18(26-4)19(13-15)27-6-2/h7-14H,5-6H2,1-4H3/b20-14+,23-22?. The van der Waals surface area contributed by atoms with E-state index >= 15 is 0 Å². The predicted octanol–water partition coefficient (Wildman–Crippen LogP) is 4.89. The number of amidine groups is 1. The van der Waals surface area contributed by atoms with E-state index < -0.39 is 0 Å². The number of benzene rings is 2. The Morgan fingerprint density at radius 3 is 2.64 bits per heavy atom. The van der Waals surface area contributed by atoms with Crippen molar-refractivity contribution in [2.45, 2.75) is 20.3 Å². The fourth-order valence-electron chi connectivity index (χ4n) is 2.88. The van der Waals surface area contributed by atoms with Gasteiger partial charge in [0.05, 0.1) is 24.3 Å². The molecule has 1 amide bonds. The molecule has 1 heterocycles. The number of aliphatic imine (C=N–C) groups is 1. The Labute approximate surface area is 170 Å². The van der Waals surface area contributed by atoms with Gasteiger partial charge in [0, 0.05) is 7.05 Å². The Morgan fingerprint density at radius 1 is 1.14 bits per heavy atom. The maximum absolute atomic E-state index is 12.7. The van der Waals surface area contributed by atoms with Crippen LogP contribution in [0.4, 0.5) is 5.69 Å². The molecule has 2 aromatic rings. The molecule has 28 heavy (non-hydrogen) atoms. The smallest absolute Gasteiger partial charge is 0.266 e. The highest BCUT2D eigenvalue weighted by Crippen LogP contribution is 2.35. The van der Waals surface area contributed by atoms with Crippen LogP contribution < -0.4 is 9.47 Å². The number of nitrogens with zero attached hydrogens (tertiary/aromatic N) is 2. The zero-order valence-corrected chi connectivity index (χ0v) is 17.4. The number of carbonyl (C=O) groups is 1. The van der Waals surface area contributed by atoms with Gasteiger partial charge < -0.3 is 9.47 Å². The third-order valence-corrected chi connectivity index (χ3v) is 5.44. The Kier molecular flexibility index (Phi) is 6.41. The highest BCUT2D eigenvalue weighted by molar-refractivity contribution is 8.18. The molecule has 1 aliphatic rings. The first-order valence-corrected chi connectivity index (χ1v) is 10.0. The van der Waals surface area contributed by atoms with Gasteiger partial charge in [-0.2, -0.15) is 0 Å². The summed E-state index contributed by atoms with van der Waals surface area (Å²) in [5, 5.41) is 0.677. The molecule has 146 valence electrons. The Balaban J connectivity index is 1.91. The van der Waals surface area contributed by atoms with Crippen molar-refractivity contribution in [1.82, 2.24) is 4.90 Å². The fraction of sp³-hybridized carbons (Fsp3) is 0.273. The van der Waals surface area contributed by atoms with E-state index in [-0.39, 0.29) is 5.91 Å². The lowest BCUT2D eigenvalue weighted by atomic mass is 10.1. The molecule has 3 rings (SSSR count). The minimum atomic E-state index is -0.0634. The zero-order valence-electron chi connectivity index (χ0n) is 16.6. The lowest BCUT2D eigenvalue weighted by Gasteiger charge is -2.10. The number of thioether (sulfide) groups is 1. The minimum Gasteiger partial charge on any atom is -0.493 e. The van der Waals surface area contributed by atoms with Crippen molar-refractivity contribution in [2.24, 2.45) is 4.99 Å². The molecule has 0 aliphatic carbocycles. The van der Waals surface area contributed by atoms with Crippen LogP contribution in [0.1, 0.15) is 25.0 Å². The number of carbonyl (C=O) groups excluding carboxylic acids is 1. The van der Waals surface area contributed by atoms with Crippen molar-refractivity contribution in [2.75, 3.05) is 20.8 Å². The average molecular weight is 397 g/mol. The van der Waals surface area contributed by atoms with E-state index in [0.29, 0.717) is 28.2 Å². The summed E-state index contributed by atoms with van der Waals surface area (Å²) in [4.78, 5) is 19.6. The van der Waals surface area contributed by atoms with Gasteiger partial charge >= 0.3 is 0 Å². The quantitative estimate of drug-likeness (QED) is 0.653. The number of hydrogen-bond donors (Lipinski definition) is 0. The van der Waals surface area contributed by atoms with E-state index in [1.165, 1.54) is 11.8 Å². The fourth-order valence-corrected chi connectivity index (χ4v) is 3.86. The largest absolute Gasteiger partial charge is 0.493 e. The number of para-hydroxylation sites is 1. The zero-order chi connectivity index (χ0) is 20.1. The highest BCUT2D eigenvalue weighted by Gasteiger charge is 2.30. The Bertz CT molecular complexity index is 937. The summed E-state index contributed by atoms with van der Waals surface area (Å²) < 4.78 is 10.9. The normalized spacial score (nSPS) is 16.9. The number of hydrogen-bond acceptors (Lipinski definition) is 5. The molecule has 0 bridgehead atoms. The van der Waals surface area contributed by atoms with Gasteiger partial charge in [0.15, 0.2) is 16.7 Å². The topological polar surface area (TPSA) is 51.1 Å². The van der Waals surface area contributed by atoms with Crippen LogP contribution in [-0.4, -0.2) is 36.7 Å². The van der Waals surface area contributed by atoms with Gasteiger partial charge in [0.2, 0.25) is 0 Å². The van der Waals surface area contributed by atoms with Gasteiger partial charge in [-0.15, -0.1) is 0 Å². The van der Waals surface area contributed by atoms with E-state index in [2.05, 4.69) is 13.0 Å². The molecular formula is C22H24N2O3S. The molecular weight excluding hydrogens is 372 g/mol.